The molecule has 19 heavy (non-hydrogen) atoms. The molecular weight excluding hydrogens is 244 g/mol. The number of carbonyl (C=O) groups excluding carboxylic acids is 2. The topological polar surface area (TPSA) is 58.6 Å². The normalized spacial score (nSPS) is 9.84. The van der Waals surface area contributed by atoms with Crippen LogP contribution in [-0.4, -0.2) is 31.7 Å². The number of alkyl carbamates (subject to hydrolysis) is 1. The Morgan fingerprint density at radius 3 is 2.42 bits per heavy atom. The van der Waals surface area contributed by atoms with Gasteiger partial charge in [0, 0.05) is 25.7 Å². The van der Waals surface area contributed by atoms with Crippen molar-refractivity contribution >= 4 is 17.7 Å². The molecule has 0 unspecified atom stereocenters. The van der Waals surface area contributed by atoms with E-state index in [9.17, 15) is 9.59 Å². The third-order valence-corrected chi connectivity index (χ3v) is 2.61. The first-order valence-corrected chi connectivity index (χ1v) is 6.30. The molecule has 0 saturated carbocycles. The molecule has 0 bridgehead atoms. The Bertz CT molecular complexity index is 429. The molecular formula is C14H20N2O3. The highest BCUT2D eigenvalue weighted by molar-refractivity contribution is 5.91. The molecule has 0 aliphatic carbocycles. The van der Waals surface area contributed by atoms with E-state index in [1.165, 1.54) is 6.92 Å². The Morgan fingerprint density at radius 1 is 1.26 bits per heavy atom. The van der Waals surface area contributed by atoms with E-state index in [1.54, 1.807) is 11.8 Å². The van der Waals surface area contributed by atoms with Crippen LogP contribution in [0, 0.1) is 6.92 Å². The van der Waals surface area contributed by atoms with E-state index in [0.717, 1.165) is 11.3 Å². The van der Waals surface area contributed by atoms with Gasteiger partial charge in [-0.05, 0) is 26.0 Å². The molecule has 1 N–H and O–H groups in total. The molecule has 2 amide bonds. The fourth-order valence-corrected chi connectivity index (χ4v) is 1.64. The number of benzene rings is 1. The number of nitrogens with zero attached hydrogens (tertiary/aromatic N) is 1. The van der Waals surface area contributed by atoms with E-state index in [4.69, 9.17) is 4.74 Å². The molecule has 5 heteroatoms. The quantitative estimate of drug-likeness (QED) is 0.886. The number of rotatable bonds is 5. The van der Waals surface area contributed by atoms with Gasteiger partial charge in [0.25, 0.3) is 0 Å². The van der Waals surface area contributed by atoms with Crippen molar-refractivity contribution in [1.29, 1.82) is 0 Å². The molecule has 5 nitrogen and oxygen atoms in total. The van der Waals surface area contributed by atoms with Gasteiger partial charge in [-0.15, -0.1) is 0 Å². The fourth-order valence-electron chi connectivity index (χ4n) is 1.64. The van der Waals surface area contributed by atoms with Gasteiger partial charge in [-0.2, -0.15) is 0 Å². The Kier molecular flexibility index (Phi) is 5.85. The summed E-state index contributed by atoms with van der Waals surface area (Å²) >= 11 is 0. The largest absolute Gasteiger partial charge is 0.450 e. The lowest BCUT2D eigenvalue weighted by Gasteiger charge is -2.21. The van der Waals surface area contributed by atoms with Crippen molar-refractivity contribution in [3.8, 4) is 0 Å². The van der Waals surface area contributed by atoms with Crippen LogP contribution >= 0.6 is 0 Å². The third-order valence-electron chi connectivity index (χ3n) is 2.61. The molecule has 0 atom stereocenters. The highest BCUT2D eigenvalue weighted by atomic mass is 16.5. The standard InChI is InChI=1S/C14H20N2O3/c1-4-19-14(18)15-9-10-16(12(3)17)13-7-5-11(2)6-8-13/h5-8H,4,9-10H2,1-3H3,(H,15,18). The molecule has 0 spiro atoms. The van der Waals surface area contributed by atoms with E-state index in [-0.39, 0.29) is 5.91 Å². The average molecular weight is 264 g/mol. The zero-order valence-electron chi connectivity index (χ0n) is 11.6. The highest BCUT2D eigenvalue weighted by Gasteiger charge is 2.11. The summed E-state index contributed by atoms with van der Waals surface area (Å²) < 4.78 is 4.75. The van der Waals surface area contributed by atoms with Crippen molar-refractivity contribution in [2.75, 3.05) is 24.6 Å². The summed E-state index contributed by atoms with van der Waals surface area (Å²) in [5, 5.41) is 2.60. The van der Waals surface area contributed by atoms with Crippen LogP contribution in [0.3, 0.4) is 0 Å². The number of nitrogens with one attached hydrogen (secondary N) is 1. The predicted octanol–water partition coefficient (Wildman–Crippen LogP) is 2.09. The minimum Gasteiger partial charge on any atom is -0.450 e. The number of aryl methyl sites for hydroxylation is 1. The maximum Gasteiger partial charge on any atom is 0.407 e. The van der Waals surface area contributed by atoms with Gasteiger partial charge in [-0.25, -0.2) is 4.79 Å². The Balaban J connectivity index is 2.57. The van der Waals surface area contributed by atoms with Crippen LogP contribution in [0.1, 0.15) is 19.4 Å². The van der Waals surface area contributed by atoms with Gasteiger partial charge < -0.3 is 15.0 Å². The number of hydrogen-bond acceptors (Lipinski definition) is 3. The van der Waals surface area contributed by atoms with Crippen LogP contribution in [0.2, 0.25) is 0 Å². The lowest BCUT2D eigenvalue weighted by atomic mass is 10.2. The maximum atomic E-state index is 11.6. The maximum absolute atomic E-state index is 11.6. The van der Waals surface area contributed by atoms with Crippen molar-refractivity contribution in [3.63, 3.8) is 0 Å². The first-order valence-electron chi connectivity index (χ1n) is 6.30. The molecule has 1 rings (SSSR count). The first-order chi connectivity index (χ1) is 9.04. The number of hydrogen-bond donors (Lipinski definition) is 1. The molecule has 0 fully saturated rings. The molecule has 1 aromatic carbocycles. The second-order valence-corrected chi connectivity index (χ2v) is 4.15. The van der Waals surface area contributed by atoms with Crippen LogP contribution in [0.25, 0.3) is 0 Å². The lowest BCUT2D eigenvalue weighted by molar-refractivity contribution is -0.116. The zero-order valence-corrected chi connectivity index (χ0v) is 11.6. The smallest absolute Gasteiger partial charge is 0.407 e. The van der Waals surface area contributed by atoms with Gasteiger partial charge in [0.1, 0.15) is 0 Å². The zero-order chi connectivity index (χ0) is 14.3. The van der Waals surface area contributed by atoms with Crippen molar-refractivity contribution in [1.82, 2.24) is 5.32 Å². The summed E-state index contributed by atoms with van der Waals surface area (Å²) in [6, 6.07) is 7.68. The fraction of sp³-hybridized carbons (Fsp3) is 0.429. The van der Waals surface area contributed by atoms with Crippen molar-refractivity contribution in [3.05, 3.63) is 29.8 Å². The van der Waals surface area contributed by atoms with E-state index >= 15 is 0 Å². The van der Waals surface area contributed by atoms with E-state index in [2.05, 4.69) is 5.32 Å². The SMILES string of the molecule is CCOC(=O)NCCN(C(C)=O)c1ccc(C)cc1. The summed E-state index contributed by atoms with van der Waals surface area (Å²) in [6.45, 7) is 6.34. The van der Waals surface area contributed by atoms with Crippen LogP contribution in [-0.2, 0) is 9.53 Å². The van der Waals surface area contributed by atoms with E-state index in [1.807, 2.05) is 31.2 Å². The van der Waals surface area contributed by atoms with Gasteiger partial charge in [0.05, 0.1) is 6.61 Å². The molecule has 1 aromatic rings. The minimum absolute atomic E-state index is 0.0606. The highest BCUT2D eigenvalue weighted by Crippen LogP contribution is 2.14. The second kappa shape index (κ2) is 7.41. The molecule has 0 aliphatic heterocycles. The summed E-state index contributed by atoms with van der Waals surface area (Å²) in [7, 11) is 0. The minimum atomic E-state index is -0.463. The van der Waals surface area contributed by atoms with E-state index in [0.29, 0.717) is 19.7 Å². The monoisotopic (exact) mass is 264 g/mol. The van der Waals surface area contributed by atoms with Crippen LogP contribution in [0.15, 0.2) is 24.3 Å². The van der Waals surface area contributed by atoms with Crippen LogP contribution in [0.4, 0.5) is 10.5 Å². The number of amides is 2. The summed E-state index contributed by atoms with van der Waals surface area (Å²) in [6.07, 6.45) is -0.463. The lowest BCUT2D eigenvalue weighted by Crippen LogP contribution is -2.37. The Hall–Kier alpha value is -2.04. The molecule has 0 radical (unpaired) electrons. The summed E-state index contributed by atoms with van der Waals surface area (Å²) in [5.41, 5.74) is 1.96. The van der Waals surface area contributed by atoms with Gasteiger partial charge in [0.2, 0.25) is 5.91 Å². The number of ether oxygens (including phenoxy) is 1. The Labute approximate surface area is 113 Å². The van der Waals surface area contributed by atoms with Crippen molar-refractivity contribution in [2.24, 2.45) is 0 Å². The molecule has 0 heterocycles. The molecule has 104 valence electrons. The predicted molar refractivity (Wildman–Crippen MR) is 74.2 cm³/mol. The molecule has 0 aromatic heterocycles. The van der Waals surface area contributed by atoms with Crippen molar-refractivity contribution < 1.29 is 14.3 Å². The third kappa shape index (κ3) is 4.99. The summed E-state index contributed by atoms with van der Waals surface area (Å²) in [4.78, 5) is 24.4. The number of carbonyl (C=O) groups is 2. The second-order valence-electron chi connectivity index (χ2n) is 4.15. The van der Waals surface area contributed by atoms with Gasteiger partial charge in [0.15, 0.2) is 0 Å². The van der Waals surface area contributed by atoms with Crippen LogP contribution < -0.4 is 10.2 Å². The van der Waals surface area contributed by atoms with Gasteiger partial charge in [-0.3, -0.25) is 4.79 Å². The summed E-state index contributed by atoms with van der Waals surface area (Å²) in [5.74, 6) is -0.0606. The Morgan fingerprint density at radius 2 is 1.89 bits per heavy atom. The number of anilines is 1. The van der Waals surface area contributed by atoms with Crippen LogP contribution in [0.5, 0.6) is 0 Å². The van der Waals surface area contributed by atoms with Gasteiger partial charge in [-0.1, -0.05) is 17.7 Å². The molecule has 0 saturated heterocycles. The van der Waals surface area contributed by atoms with E-state index < -0.39 is 6.09 Å². The molecule has 0 aliphatic rings. The van der Waals surface area contributed by atoms with Crippen molar-refractivity contribution in [2.45, 2.75) is 20.8 Å². The first kappa shape index (κ1) is 15.0. The van der Waals surface area contributed by atoms with Gasteiger partial charge >= 0.3 is 6.09 Å². The average Bonchev–Trinajstić information content (AvgIpc) is 2.36.